The number of nitrogens with one attached hydrogen (secondary N) is 1. The second kappa shape index (κ2) is 5.21. The number of nitrogens with zero attached hydrogens (tertiary/aromatic N) is 2. The lowest BCUT2D eigenvalue weighted by Gasteiger charge is -2.20. The van der Waals surface area contributed by atoms with Gasteiger partial charge in [-0.15, -0.1) is 0 Å². The van der Waals surface area contributed by atoms with Gasteiger partial charge in [-0.05, 0) is 33.2 Å². The summed E-state index contributed by atoms with van der Waals surface area (Å²) in [6, 6.07) is 0.479. The van der Waals surface area contributed by atoms with Crippen molar-refractivity contribution >= 4 is 0 Å². The van der Waals surface area contributed by atoms with Crippen LogP contribution in [0.15, 0.2) is 0 Å². The van der Waals surface area contributed by atoms with E-state index in [2.05, 4.69) is 31.3 Å². The van der Waals surface area contributed by atoms with Crippen molar-refractivity contribution in [2.24, 2.45) is 13.0 Å². The summed E-state index contributed by atoms with van der Waals surface area (Å²) in [7, 11) is 4.11. The molecule has 3 heteroatoms. The normalized spacial score (nSPS) is 18.8. The van der Waals surface area contributed by atoms with Crippen LogP contribution in [0.25, 0.3) is 0 Å². The molecule has 0 radical (unpaired) electrons. The first-order valence-corrected chi connectivity index (χ1v) is 6.80. The minimum Gasteiger partial charge on any atom is -0.313 e. The third-order valence-electron chi connectivity index (χ3n) is 4.31. The SMILES string of the molecule is CNC(CC1CCCC1)c1c(C)nn(C)c1C. The quantitative estimate of drug-likeness (QED) is 0.869. The fraction of sp³-hybridized carbons (Fsp3) is 0.786. The molecule has 0 spiro atoms. The van der Waals surface area contributed by atoms with Gasteiger partial charge in [0.05, 0.1) is 5.69 Å². The Morgan fingerprint density at radius 3 is 2.47 bits per heavy atom. The highest BCUT2D eigenvalue weighted by molar-refractivity contribution is 5.28. The van der Waals surface area contributed by atoms with Crippen LogP contribution in [0.5, 0.6) is 0 Å². The Morgan fingerprint density at radius 2 is 2.00 bits per heavy atom. The van der Waals surface area contributed by atoms with E-state index >= 15 is 0 Å². The van der Waals surface area contributed by atoms with Gasteiger partial charge in [0.1, 0.15) is 0 Å². The van der Waals surface area contributed by atoms with Crippen LogP contribution in [-0.2, 0) is 7.05 Å². The molecule has 1 fully saturated rings. The average molecular weight is 235 g/mol. The van der Waals surface area contributed by atoms with E-state index in [1.54, 1.807) is 0 Å². The second-order valence-corrected chi connectivity index (χ2v) is 5.44. The van der Waals surface area contributed by atoms with Crippen molar-refractivity contribution < 1.29 is 0 Å². The van der Waals surface area contributed by atoms with Gasteiger partial charge in [-0.2, -0.15) is 5.10 Å². The van der Waals surface area contributed by atoms with Crippen LogP contribution in [0.3, 0.4) is 0 Å². The highest BCUT2D eigenvalue weighted by Crippen LogP contribution is 2.34. The van der Waals surface area contributed by atoms with E-state index < -0.39 is 0 Å². The van der Waals surface area contributed by atoms with Crippen molar-refractivity contribution in [2.75, 3.05) is 7.05 Å². The first-order valence-electron chi connectivity index (χ1n) is 6.80. The van der Waals surface area contributed by atoms with E-state index in [1.165, 1.54) is 49.1 Å². The zero-order chi connectivity index (χ0) is 12.4. The number of hydrogen-bond acceptors (Lipinski definition) is 2. The molecule has 2 rings (SSSR count). The van der Waals surface area contributed by atoms with E-state index in [0.717, 1.165) is 5.92 Å². The molecule has 1 aliphatic carbocycles. The maximum atomic E-state index is 4.53. The van der Waals surface area contributed by atoms with Gasteiger partial charge >= 0.3 is 0 Å². The van der Waals surface area contributed by atoms with Crippen molar-refractivity contribution in [3.05, 3.63) is 17.0 Å². The van der Waals surface area contributed by atoms with Crippen LogP contribution in [-0.4, -0.2) is 16.8 Å². The minimum absolute atomic E-state index is 0.479. The highest BCUT2D eigenvalue weighted by atomic mass is 15.3. The van der Waals surface area contributed by atoms with E-state index in [1.807, 2.05) is 11.7 Å². The maximum Gasteiger partial charge on any atom is 0.0644 e. The first kappa shape index (κ1) is 12.6. The zero-order valence-corrected chi connectivity index (χ0v) is 11.6. The van der Waals surface area contributed by atoms with Crippen LogP contribution in [0.2, 0.25) is 0 Å². The fourth-order valence-corrected chi connectivity index (χ4v) is 3.25. The molecular formula is C14H25N3. The Hall–Kier alpha value is -0.830. The van der Waals surface area contributed by atoms with Crippen molar-refractivity contribution in [3.8, 4) is 0 Å². The van der Waals surface area contributed by atoms with Gasteiger partial charge in [-0.1, -0.05) is 25.7 Å². The third-order valence-corrected chi connectivity index (χ3v) is 4.31. The fourth-order valence-electron chi connectivity index (χ4n) is 3.25. The molecule has 17 heavy (non-hydrogen) atoms. The summed E-state index contributed by atoms with van der Waals surface area (Å²) in [6.45, 7) is 4.30. The van der Waals surface area contributed by atoms with E-state index in [-0.39, 0.29) is 0 Å². The van der Waals surface area contributed by atoms with Gasteiger partial charge in [0.25, 0.3) is 0 Å². The standard InChI is InChI=1S/C14H25N3/c1-10-14(11(2)17(4)16-10)13(15-3)9-12-7-5-6-8-12/h12-13,15H,5-9H2,1-4H3. The monoisotopic (exact) mass is 235 g/mol. The van der Waals surface area contributed by atoms with E-state index in [9.17, 15) is 0 Å². The van der Waals surface area contributed by atoms with Gasteiger partial charge in [0.2, 0.25) is 0 Å². The molecule has 1 atom stereocenters. The molecule has 0 saturated heterocycles. The average Bonchev–Trinajstić information content (AvgIpc) is 2.87. The molecule has 0 aromatic carbocycles. The van der Waals surface area contributed by atoms with Crippen LogP contribution < -0.4 is 5.32 Å². The molecule has 1 aliphatic rings. The van der Waals surface area contributed by atoms with Crippen LogP contribution in [0.4, 0.5) is 0 Å². The molecule has 1 heterocycles. The van der Waals surface area contributed by atoms with Crippen molar-refractivity contribution in [1.82, 2.24) is 15.1 Å². The zero-order valence-electron chi connectivity index (χ0n) is 11.6. The summed E-state index contributed by atoms with van der Waals surface area (Å²) in [5.74, 6) is 0.909. The van der Waals surface area contributed by atoms with Crippen molar-refractivity contribution in [1.29, 1.82) is 0 Å². The number of hydrogen-bond donors (Lipinski definition) is 1. The molecule has 1 aromatic heterocycles. The molecule has 1 aromatic rings. The van der Waals surface area contributed by atoms with Crippen LogP contribution in [0, 0.1) is 19.8 Å². The predicted molar refractivity (Wildman–Crippen MR) is 71.1 cm³/mol. The summed E-state index contributed by atoms with van der Waals surface area (Å²) in [4.78, 5) is 0. The predicted octanol–water partition coefficient (Wildman–Crippen LogP) is 2.88. The second-order valence-electron chi connectivity index (χ2n) is 5.44. The molecular weight excluding hydrogens is 210 g/mol. The molecule has 3 nitrogen and oxygen atoms in total. The maximum absolute atomic E-state index is 4.53. The largest absolute Gasteiger partial charge is 0.313 e. The lowest BCUT2D eigenvalue weighted by molar-refractivity contribution is 0.411. The lowest BCUT2D eigenvalue weighted by atomic mass is 9.92. The molecule has 0 amide bonds. The van der Waals surface area contributed by atoms with Crippen LogP contribution in [0.1, 0.15) is 55.1 Å². The number of aromatic nitrogens is 2. The van der Waals surface area contributed by atoms with Gasteiger partial charge in [-0.25, -0.2) is 0 Å². The summed E-state index contributed by atoms with van der Waals surface area (Å²) >= 11 is 0. The Bertz CT molecular complexity index is 375. The van der Waals surface area contributed by atoms with Crippen LogP contribution >= 0.6 is 0 Å². The Morgan fingerprint density at radius 1 is 1.35 bits per heavy atom. The van der Waals surface area contributed by atoms with Crippen molar-refractivity contribution in [3.63, 3.8) is 0 Å². The van der Waals surface area contributed by atoms with Gasteiger partial charge in [0, 0.05) is 24.3 Å². The smallest absolute Gasteiger partial charge is 0.0644 e. The Kier molecular flexibility index (Phi) is 3.87. The molecule has 1 unspecified atom stereocenters. The summed E-state index contributed by atoms with van der Waals surface area (Å²) in [5, 5.41) is 8.02. The molecule has 0 aliphatic heterocycles. The summed E-state index contributed by atoms with van der Waals surface area (Å²) < 4.78 is 2.00. The Balaban J connectivity index is 2.16. The molecule has 1 N–H and O–H groups in total. The van der Waals surface area contributed by atoms with Gasteiger partial charge < -0.3 is 5.32 Å². The summed E-state index contributed by atoms with van der Waals surface area (Å²) in [6.07, 6.45) is 6.94. The number of aryl methyl sites for hydroxylation is 2. The highest BCUT2D eigenvalue weighted by Gasteiger charge is 2.24. The Labute approximate surface area is 105 Å². The molecule has 1 saturated carbocycles. The van der Waals surface area contributed by atoms with Gasteiger partial charge in [0.15, 0.2) is 0 Å². The minimum atomic E-state index is 0.479. The third kappa shape index (κ3) is 2.54. The first-order chi connectivity index (χ1) is 8.13. The van der Waals surface area contributed by atoms with Crippen molar-refractivity contribution in [2.45, 2.75) is 52.0 Å². The topological polar surface area (TPSA) is 29.9 Å². The summed E-state index contributed by atoms with van der Waals surface area (Å²) in [5.41, 5.74) is 3.91. The van der Waals surface area contributed by atoms with Gasteiger partial charge in [-0.3, -0.25) is 4.68 Å². The van der Waals surface area contributed by atoms with E-state index in [4.69, 9.17) is 0 Å². The lowest BCUT2D eigenvalue weighted by Crippen LogP contribution is -2.20. The molecule has 0 bridgehead atoms. The number of rotatable bonds is 4. The molecule has 96 valence electrons. The van der Waals surface area contributed by atoms with E-state index in [0.29, 0.717) is 6.04 Å².